The predicted molar refractivity (Wildman–Crippen MR) is 46.8 cm³/mol. The molecule has 0 N–H and O–H groups in total. The maximum atomic E-state index is 10.3. The van der Waals surface area contributed by atoms with Gasteiger partial charge in [0.15, 0.2) is 0 Å². The Labute approximate surface area is 110 Å². The molecule has 0 bridgehead atoms. The van der Waals surface area contributed by atoms with Gasteiger partial charge in [0.2, 0.25) is 0 Å². The number of hydrogen-bond acceptors (Lipinski definition) is 4. The van der Waals surface area contributed by atoms with Gasteiger partial charge in [0.25, 0.3) is 0 Å². The second-order valence-electron chi connectivity index (χ2n) is 2.02. The van der Waals surface area contributed by atoms with Gasteiger partial charge in [-0.15, -0.1) is 0 Å². The van der Waals surface area contributed by atoms with Crippen LogP contribution in [-0.2, 0) is 15.1 Å². The van der Waals surface area contributed by atoms with Crippen LogP contribution >= 0.6 is 0 Å². The van der Waals surface area contributed by atoms with Crippen LogP contribution in [0.4, 0.5) is 4.53 Å². The molecular weight excluding hydrogens is 234 g/mol. The van der Waals surface area contributed by atoms with E-state index in [2.05, 4.69) is 11.5 Å². The molecule has 0 aromatic heterocycles. The number of hydrogen-bond donors (Lipinski definition) is 0. The molecule has 0 heterocycles. The number of rotatable bonds is 2. The quantitative estimate of drug-likeness (QED) is 0.364. The van der Waals surface area contributed by atoms with Crippen molar-refractivity contribution >= 4 is 10.1 Å². The van der Waals surface area contributed by atoms with Gasteiger partial charge in [-0.2, -0.15) is 0 Å². The van der Waals surface area contributed by atoms with Gasteiger partial charge in [0.1, 0.15) is 16.4 Å². The molecule has 78 valence electrons. The molecule has 0 aliphatic rings. The van der Waals surface area contributed by atoms with Crippen molar-refractivity contribution in [3.63, 3.8) is 0 Å². The van der Waals surface area contributed by atoms with Crippen molar-refractivity contribution in [1.82, 2.24) is 0 Å². The number of benzene rings is 1. The maximum Gasteiger partial charge on any atom is 1.00 e. The largest absolute Gasteiger partial charge is 1.00 e. The van der Waals surface area contributed by atoms with Crippen LogP contribution in [0, 0.1) is 0 Å². The van der Waals surface area contributed by atoms with Gasteiger partial charge in [-0.1, -0.05) is 24.8 Å². The molecule has 1 rings (SSSR count). The smallest absolute Gasteiger partial charge is 0.744 e. The van der Waals surface area contributed by atoms with Gasteiger partial charge in [0, 0.05) is 4.53 Å². The van der Waals surface area contributed by atoms with Gasteiger partial charge in [-0.3, -0.25) is 0 Å². The minimum atomic E-state index is -4.25. The van der Waals surface area contributed by atoms with Crippen molar-refractivity contribution in [3.8, 4) is 0 Å². The summed E-state index contributed by atoms with van der Waals surface area (Å²) in [5, 5.41) is 0. The van der Waals surface area contributed by atoms with Crippen LogP contribution in [0.25, 0.3) is 0 Å². The molecule has 0 fully saturated rings. The Morgan fingerprint density at radius 3 is 1.93 bits per heavy atom. The van der Waals surface area contributed by atoms with Crippen molar-refractivity contribution in [2.45, 2.75) is 4.90 Å². The molecular formula is C8H8FNaO4S. The van der Waals surface area contributed by atoms with E-state index in [1.54, 1.807) is 6.07 Å². The van der Waals surface area contributed by atoms with Crippen molar-refractivity contribution < 1.29 is 52.0 Å². The van der Waals surface area contributed by atoms with Gasteiger partial charge in [0.05, 0.1) is 4.90 Å². The molecule has 0 unspecified atom stereocenters. The monoisotopic (exact) mass is 242 g/mol. The van der Waals surface area contributed by atoms with E-state index >= 15 is 0 Å². The van der Waals surface area contributed by atoms with E-state index in [1.807, 2.05) is 0 Å². The molecule has 0 atom stereocenters. The molecule has 1 aromatic rings. The second kappa shape index (κ2) is 8.87. The Morgan fingerprint density at radius 2 is 1.73 bits per heavy atom. The first-order valence-electron chi connectivity index (χ1n) is 3.41. The Morgan fingerprint density at radius 1 is 1.33 bits per heavy atom. The van der Waals surface area contributed by atoms with E-state index in [4.69, 9.17) is 0 Å². The van der Waals surface area contributed by atoms with E-state index in [9.17, 15) is 17.5 Å². The Kier molecular flexibility index (Phi) is 10.1. The summed E-state index contributed by atoms with van der Waals surface area (Å²) in [6.07, 6.45) is 0.708. The van der Waals surface area contributed by atoms with E-state index < -0.39 is 10.1 Å². The van der Waals surface area contributed by atoms with Crippen molar-refractivity contribution in [1.29, 1.82) is 0 Å². The Balaban J connectivity index is 0. The van der Waals surface area contributed by atoms with Crippen molar-refractivity contribution in [3.05, 3.63) is 43.2 Å². The Bertz CT molecular complexity index is 365. The summed E-state index contributed by atoms with van der Waals surface area (Å²) in [6.45, 7) is 2.88. The van der Waals surface area contributed by atoms with Crippen LogP contribution in [0.15, 0.2) is 48.1 Å². The van der Waals surface area contributed by atoms with Gasteiger partial charge in [-0.05, 0) is 12.1 Å². The minimum Gasteiger partial charge on any atom is -0.744 e. The molecule has 0 saturated carbocycles. The van der Waals surface area contributed by atoms with Crippen LogP contribution in [0.3, 0.4) is 0 Å². The van der Waals surface area contributed by atoms with Crippen LogP contribution in [0.5, 0.6) is 0 Å². The molecule has 4 nitrogen and oxygen atoms in total. The molecule has 0 spiro atoms. The summed E-state index contributed by atoms with van der Waals surface area (Å²) in [6, 6.07) is 7.19. The summed E-state index contributed by atoms with van der Waals surface area (Å²) < 4.78 is 40.9. The van der Waals surface area contributed by atoms with E-state index in [-0.39, 0.29) is 34.5 Å². The molecule has 1 aromatic carbocycles. The first kappa shape index (κ1) is 17.0. The normalized spacial score (nSPS) is 8.93. The van der Waals surface area contributed by atoms with Crippen molar-refractivity contribution in [2.24, 2.45) is 0 Å². The van der Waals surface area contributed by atoms with Gasteiger partial charge >= 0.3 is 29.6 Å². The average Bonchev–Trinajstić information content (AvgIpc) is 2.18. The third kappa shape index (κ3) is 8.59. The van der Waals surface area contributed by atoms with Crippen molar-refractivity contribution in [2.75, 3.05) is 0 Å². The average molecular weight is 242 g/mol. The third-order valence-electron chi connectivity index (χ3n) is 1.09. The second-order valence-corrected chi connectivity index (χ2v) is 3.40. The SMILES string of the molecule is C=COF.O=S(=O)([O-])c1ccccc1.[Na+]. The fourth-order valence-corrected chi connectivity index (χ4v) is 1.08. The summed E-state index contributed by atoms with van der Waals surface area (Å²) in [7, 11) is -4.25. The van der Waals surface area contributed by atoms with Crippen LogP contribution in [0.1, 0.15) is 0 Å². The molecule has 0 amide bonds. The number of halogens is 1. The molecule has 0 radical (unpaired) electrons. The van der Waals surface area contributed by atoms with Gasteiger partial charge in [-0.25, -0.2) is 8.42 Å². The molecule has 0 aliphatic carbocycles. The topological polar surface area (TPSA) is 66.4 Å². The fourth-order valence-electron chi connectivity index (χ4n) is 0.587. The standard InChI is InChI=1S/C6H6O3S.C2H3FO.Na/c7-10(8,9)6-4-2-1-3-5-6;1-2-4-3;/h1-5H,(H,7,8,9);2H,1H2;/q;;+1/p-1. The predicted octanol–water partition coefficient (Wildman–Crippen LogP) is -1.37. The first-order chi connectivity index (χ1) is 6.52. The van der Waals surface area contributed by atoms with Crippen LogP contribution in [-0.4, -0.2) is 13.0 Å². The summed E-state index contributed by atoms with van der Waals surface area (Å²) >= 11 is 0. The first-order valence-corrected chi connectivity index (χ1v) is 4.82. The zero-order valence-electron chi connectivity index (χ0n) is 8.09. The zero-order valence-corrected chi connectivity index (χ0v) is 10.9. The minimum absolute atomic E-state index is 0. The summed E-state index contributed by atoms with van der Waals surface area (Å²) in [4.78, 5) is 2.62. The maximum absolute atomic E-state index is 10.3. The summed E-state index contributed by atoms with van der Waals surface area (Å²) in [5.41, 5.74) is 0. The Hall–Kier alpha value is -0.400. The van der Waals surface area contributed by atoms with E-state index in [0.29, 0.717) is 6.26 Å². The third-order valence-corrected chi connectivity index (χ3v) is 1.94. The van der Waals surface area contributed by atoms with E-state index in [1.165, 1.54) is 24.3 Å². The fraction of sp³-hybridized carbons (Fsp3) is 0. The van der Waals surface area contributed by atoms with Crippen LogP contribution in [0.2, 0.25) is 0 Å². The van der Waals surface area contributed by atoms with Gasteiger partial charge < -0.3 is 9.49 Å². The van der Waals surface area contributed by atoms with E-state index in [0.717, 1.165) is 0 Å². The molecule has 0 saturated heterocycles. The van der Waals surface area contributed by atoms with Crippen LogP contribution < -0.4 is 29.6 Å². The molecule has 0 aliphatic heterocycles. The molecule has 7 heteroatoms. The zero-order chi connectivity index (χ0) is 11.0. The summed E-state index contributed by atoms with van der Waals surface area (Å²) in [5.74, 6) is 0. The molecule has 15 heavy (non-hydrogen) atoms.